The first-order valence-corrected chi connectivity index (χ1v) is 8.86. The van der Waals surface area contributed by atoms with Crippen molar-refractivity contribution in [3.8, 4) is 10.6 Å². The van der Waals surface area contributed by atoms with Gasteiger partial charge in [-0.25, -0.2) is 4.98 Å². The Balaban J connectivity index is 2.00. The third-order valence-corrected chi connectivity index (χ3v) is 5.70. The fourth-order valence-corrected chi connectivity index (χ4v) is 4.90. The number of hydrogen-bond acceptors (Lipinski definition) is 3. The van der Waals surface area contributed by atoms with Gasteiger partial charge in [0.05, 0.1) is 5.69 Å². The van der Waals surface area contributed by atoms with Gasteiger partial charge in [0.15, 0.2) is 0 Å². The van der Waals surface area contributed by atoms with Gasteiger partial charge in [-0.1, -0.05) is 34.5 Å². The number of thiazole rings is 1. The van der Waals surface area contributed by atoms with Gasteiger partial charge in [0.25, 0.3) is 0 Å². The van der Waals surface area contributed by atoms with E-state index in [4.69, 9.17) is 16.6 Å². The molecule has 1 N–H and O–H groups in total. The van der Waals surface area contributed by atoms with E-state index in [1.54, 1.807) is 0 Å². The molecule has 1 heterocycles. The molecule has 1 aliphatic carbocycles. The second-order valence-corrected chi connectivity index (χ2v) is 7.28. The van der Waals surface area contributed by atoms with Crippen molar-refractivity contribution in [2.75, 3.05) is 6.54 Å². The van der Waals surface area contributed by atoms with Gasteiger partial charge in [0.2, 0.25) is 0 Å². The number of rotatable bonds is 3. The van der Waals surface area contributed by atoms with E-state index in [1.807, 2.05) is 29.5 Å². The predicted molar refractivity (Wildman–Crippen MR) is 89.6 cm³/mol. The zero-order chi connectivity index (χ0) is 14.1. The van der Waals surface area contributed by atoms with E-state index in [-0.39, 0.29) is 0 Å². The van der Waals surface area contributed by atoms with Gasteiger partial charge in [-0.3, -0.25) is 0 Å². The fraction of sp³-hybridized carbons (Fsp3) is 0.400. The molecule has 1 atom stereocenters. The molecule has 2 nitrogen and oxygen atoms in total. The maximum absolute atomic E-state index is 6.01. The normalized spacial score (nSPS) is 18.1. The van der Waals surface area contributed by atoms with E-state index < -0.39 is 0 Å². The van der Waals surface area contributed by atoms with Crippen LogP contribution < -0.4 is 5.32 Å². The van der Waals surface area contributed by atoms with E-state index >= 15 is 0 Å². The average Bonchev–Trinajstić information content (AvgIpc) is 2.83. The zero-order valence-electron chi connectivity index (χ0n) is 11.2. The summed E-state index contributed by atoms with van der Waals surface area (Å²) in [7, 11) is 0. The Morgan fingerprint density at radius 3 is 3.10 bits per heavy atom. The molecular formula is C15H16BrClN2S. The lowest BCUT2D eigenvalue weighted by Crippen LogP contribution is -2.23. The van der Waals surface area contributed by atoms with Gasteiger partial charge in [0.1, 0.15) is 5.01 Å². The first kappa shape index (κ1) is 14.5. The van der Waals surface area contributed by atoms with Crippen LogP contribution in [0.3, 0.4) is 0 Å². The molecule has 0 fully saturated rings. The van der Waals surface area contributed by atoms with Crippen molar-refractivity contribution in [3.05, 3.63) is 38.3 Å². The van der Waals surface area contributed by atoms with Crippen LogP contribution in [0.4, 0.5) is 0 Å². The van der Waals surface area contributed by atoms with Crippen molar-refractivity contribution in [2.45, 2.75) is 32.2 Å². The number of nitrogens with zero attached hydrogens (tertiary/aromatic N) is 1. The molecule has 1 aromatic carbocycles. The van der Waals surface area contributed by atoms with E-state index in [9.17, 15) is 0 Å². The topological polar surface area (TPSA) is 24.9 Å². The number of benzene rings is 1. The van der Waals surface area contributed by atoms with Crippen LogP contribution in [-0.4, -0.2) is 11.5 Å². The predicted octanol–water partition coefficient (Wildman–Crippen LogP) is 5.21. The Labute approximate surface area is 136 Å². The Morgan fingerprint density at radius 1 is 1.50 bits per heavy atom. The molecule has 1 unspecified atom stereocenters. The maximum atomic E-state index is 6.01. The van der Waals surface area contributed by atoms with Crippen molar-refractivity contribution < 1.29 is 0 Å². The number of hydrogen-bond donors (Lipinski definition) is 1. The lowest BCUT2D eigenvalue weighted by atomic mass is 9.98. The molecule has 0 radical (unpaired) electrons. The molecule has 106 valence electrons. The number of aryl methyl sites for hydroxylation is 1. The summed E-state index contributed by atoms with van der Waals surface area (Å²) in [6.07, 6.45) is 3.53. The molecule has 0 spiro atoms. The van der Waals surface area contributed by atoms with E-state index in [0.717, 1.165) is 33.0 Å². The Kier molecular flexibility index (Phi) is 4.46. The summed E-state index contributed by atoms with van der Waals surface area (Å²) in [6.45, 7) is 3.16. The van der Waals surface area contributed by atoms with E-state index in [0.29, 0.717) is 6.04 Å². The maximum Gasteiger partial charge on any atom is 0.125 e. The van der Waals surface area contributed by atoms with Crippen molar-refractivity contribution >= 4 is 38.9 Å². The smallest absolute Gasteiger partial charge is 0.125 e. The quantitative estimate of drug-likeness (QED) is 0.800. The second-order valence-electron chi connectivity index (χ2n) is 4.96. The van der Waals surface area contributed by atoms with E-state index in [1.165, 1.54) is 23.4 Å². The largest absolute Gasteiger partial charge is 0.309 e. The molecule has 2 aromatic rings. The Hall–Kier alpha value is -0.420. The first-order chi connectivity index (χ1) is 9.69. The molecule has 0 amide bonds. The second kappa shape index (κ2) is 6.14. The van der Waals surface area contributed by atoms with Crippen molar-refractivity contribution in [3.63, 3.8) is 0 Å². The molecule has 5 heteroatoms. The van der Waals surface area contributed by atoms with Crippen molar-refractivity contribution in [2.24, 2.45) is 0 Å². The number of fused-ring (bicyclic) bond motifs is 1. The van der Waals surface area contributed by atoms with Crippen LogP contribution in [0.1, 0.15) is 36.4 Å². The zero-order valence-corrected chi connectivity index (χ0v) is 14.4. The Bertz CT molecular complexity index is 626. The van der Waals surface area contributed by atoms with Crippen LogP contribution in [0.5, 0.6) is 0 Å². The summed E-state index contributed by atoms with van der Waals surface area (Å²) >= 11 is 11.4. The SMILES string of the molecule is CCNC1CCCc2nc(-c3ccc(Cl)cc3Br)sc21. The van der Waals surface area contributed by atoms with Crippen molar-refractivity contribution in [1.82, 2.24) is 10.3 Å². The van der Waals surface area contributed by atoms with Gasteiger partial charge >= 0.3 is 0 Å². The minimum absolute atomic E-state index is 0.473. The van der Waals surface area contributed by atoms with Crippen LogP contribution in [0.25, 0.3) is 10.6 Å². The highest BCUT2D eigenvalue weighted by molar-refractivity contribution is 9.10. The standard InChI is InChI=1S/C15H16BrClN2S/c1-2-18-12-4-3-5-13-14(12)20-15(19-13)10-7-6-9(17)8-11(10)16/h6-8,12,18H,2-5H2,1H3. The fourth-order valence-electron chi connectivity index (χ4n) is 2.64. The molecule has 0 bridgehead atoms. The molecule has 0 aliphatic heterocycles. The molecule has 20 heavy (non-hydrogen) atoms. The summed E-state index contributed by atoms with van der Waals surface area (Å²) in [5, 5.41) is 5.40. The lowest BCUT2D eigenvalue weighted by Gasteiger charge is -2.21. The minimum Gasteiger partial charge on any atom is -0.309 e. The number of nitrogens with one attached hydrogen (secondary N) is 1. The van der Waals surface area contributed by atoms with Crippen LogP contribution >= 0.6 is 38.9 Å². The van der Waals surface area contributed by atoms with Gasteiger partial charge in [-0.15, -0.1) is 11.3 Å². The molecule has 1 aliphatic rings. The monoisotopic (exact) mass is 370 g/mol. The third-order valence-electron chi connectivity index (χ3n) is 3.56. The summed E-state index contributed by atoms with van der Waals surface area (Å²) in [6, 6.07) is 6.36. The van der Waals surface area contributed by atoms with Crippen LogP contribution in [0.15, 0.2) is 22.7 Å². The van der Waals surface area contributed by atoms with Crippen LogP contribution in [-0.2, 0) is 6.42 Å². The lowest BCUT2D eigenvalue weighted by molar-refractivity contribution is 0.476. The van der Waals surface area contributed by atoms with Crippen LogP contribution in [0.2, 0.25) is 5.02 Å². The molecule has 0 saturated carbocycles. The Morgan fingerprint density at radius 2 is 2.35 bits per heavy atom. The van der Waals surface area contributed by atoms with E-state index in [2.05, 4.69) is 28.2 Å². The number of aromatic nitrogens is 1. The van der Waals surface area contributed by atoms with Gasteiger partial charge in [-0.05, 0) is 44.0 Å². The minimum atomic E-state index is 0.473. The average molecular weight is 372 g/mol. The van der Waals surface area contributed by atoms with Crippen LogP contribution in [0, 0.1) is 0 Å². The van der Waals surface area contributed by atoms with Gasteiger partial charge in [0, 0.05) is 26.0 Å². The molecule has 3 rings (SSSR count). The molecule has 1 aromatic heterocycles. The molecular weight excluding hydrogens is 356 g/mol. The van der Waals surface area contributed by atoms with Gasteiger partial charge in [-0.2, -0.15) is 0 Å². The molecule has 0 saturated heterocycles. The number of halogens is 2. The highest BCUT2D eigenvalue weighted by Gasteiger charge is 2.24. The summed E-state index contributed by atoms with van der Waals surface area (Å²) < 4.78 is 1.01. The summed E-state index contributed by atoms with van der Waals surface area (Å²) in [5.74, 6) is 0. The summed E-state index contributed by atoms with van der Waals surface area (Å²) in [4.78, 5) is 6.26. The third kappa shape index (κ3) is 2.80. The van der Waals surface area contributed by atoms with Crippen molar-refractivity contribution in [1.29, 1.82) is 0 Å². The highest BCUT2D eigenvalue weighted by Crippen LogP contribution is 2.40. The highest BCUT2D eigenvalue weighted by atomic mass is 79.9. The van der Waals surface area contributed by atoms with Gasteiger partial charge < -0.3 is 5.32 Å². The summed E-state index contributed by atoms with van der Waals surface area (Å²) in [5.41, 5.74) is 2.40. The first-order valence-electron chi connectivity index (χ1n) is 6.87.